The molecule has 1 N–H and O–H groups in total. The second kappa shape index (κ2) is 4.64. The van der Waals surface area contributed by atoms with Gasteiger partial charge in [-0.05, 0) is 43.2 Å². The molecule has 1 rings (SSSR count). The predicted molar refractivity (Wildman–Crippen MR) is 59.0 cm³/mol. The van der Waals surface area contributed by atoms with Gasteiger partial charge in [0.05, 0.1) is 7.11 Å². The molecule has 0 aromatic heterocycles. The van der Waals surface area contributed by atoms with Crippen molar-refractivity contribution in [3.63, 3.8) is 0 Å². The summed E-state index contributed by atoms with van der Waals surface area (Å²) in [4.78, 5) is 11.0. The highest BCUT2D eigenvalue weighted by Gasteiger charge is 2.02. The Morgan fingerprint density at radius 3 is 2.53 bits per heavy atom. The minimum Gasteiger partial charge on any atom is -0.504 e. The fourth-order valence-corrected chi connectivity index (χ4v) is 1.15. The average Bonchev–Trinajstić information content (AvgIpc) is 2.18. The first-order valence-electron chi connectivity index (χ1n) is 4.61. The van der Waals surface area contributed by atoms with E-state index in [2.05, 4.69) is 0 Å². The SMILES string of the molecule is COc1ccc(/C=C(/C)C(C)=O)cc1O. The van der Waals surface area contributed by atoms with Gasteiger partial charge in [0, 0.05) is 0 Å². The van der Waals surface area contributed by atoms with Gasteiger partial charge >= 0.3 is 0 Å². The maximum absolute atomic E-state index is 11.0. The van der Waals surface area contributed by atoms with Crippen molar-refractivity contribution in [1.29, 1.82) is 0 Å². The molecule has 0 bridgehead atoms. The molecule has 0 fully saturated rings. The normalized spacial score (nSPS) is 11.3. The zero-order chi connectivity index (χ0) is 11.4. The van der Waals surface area contributed by atoms with Crippen LogP contribution >= 0.6 is 0 Å². The molecular formula is C12H14O3. The van der Waals surface area contributed by atoms with Gasteiger partial charge in [0.15, 0.2) is 17.3 Å². The lowest BCUT2D eigenvalue weighted by Crippen LogP contribution is -1.91. The van der Waals surface area contributed by atoms with Gasteiger partial charge in [-0.25, -0.2) is 0 Å². The van der Waals surface area contributed by atoms with Gasteiger partial charge in [-0.2, -0.15) is 0 Å². The summed E-state index contributed by atoms with van der Waals surface area (Å²) in [6.07, 6.45) is 1.72. The van der Waals surface area contributed by atoms with Crippen molar-refractivity contribution >= 4 is 11.9 Å². The Labute approximate surface area is 89.0 Å². The second-order valence-corrected chi connectivity index (χ2v) is 3.31. The van der Waals surface area contributed by atoms with E-state index in [0.717, 1.165) is 5.56 Å². The van der Waals surface area contributed by atoms with E-state index in [0.29, 0.717) is 11.3 Å². The largest absolute Gasteiger partial charge is 0.504 e. The molecule has 0 radical (unpaired) electrons. The smallest absolute Gasteiger partial charge is 0.160 e. The summed E-state index contributed by atoms with van der Waals surface area (Å²) >= 11 is 0. The van der Waals surface area contributed by atoms with E-state index in [1.807, 2.05) is 0 Å². The number of phenolic OH excluding ortho intramolecular Hbond substituents is 1. The Bertz CT molecular complexity index is 405. The van der Waals surface area contributed by atoms with E-state index in [1.54, 1.807) is 31.2 Å². The summed E-state index contributed by atoms with van der Waals surface area (Å²) in [5, 5.41) is 9.50. The highest BCUT2D eigenvalue weighted by atomic mass is 16.5. The van der Waals surface area contributed by atoms with Crippen LogP contribution in [0.25, 0.3) is 6.08 Å². The Morgan fingerprint density at radius 1 is 1.40 bits per heavy atom. The van der Waals surface area contributed by atoms with Gasteiger partial charge in [-0.1, -0.05) is 6.07 Å². The van der Waals surface area contributed by atoms with Gasteiger partial charge in [0.2, 0.25) is 0 Å². The molecule has 0 atom stereocenters. The molecule has 3 heteroatoms. The zero-order valence-electron chi connectivity index (χ0n) is 9.07. The summed E-state index contributed by atoms with van der Waals surface area (Å²) < 4.78 is 4.91. The zero-order valence-corrected chi connectivity index (χ0v) is 9.07. The maximum atomic E-state index is 11.0. The number of Topliss-reactive ketones (excluding diaryl/α,β-unsaturated/α-hetero) is 1. The lowest BCUT2D eigenvalue weighted by atomic mass is 10.1. The molecule has 15 heavy (non-hydrogen) atoms. The van der Waals surface area contributed by atoms with Gasteiger partial charge < -0.3 is 9.84 Å². The van der Waals surface area contributed by atoms with E-state index < -0.39 is 0 Å². The quantitative estimate of drug-likeness (QED) is 0.772. The number of ether oxygens (including phenoxy) is 1. The Kier molecular flexibility index (Phi) is 3.50. The molecule has 3 nitrogen and oxygen atoms in total. The van der Waals surface area contributed by atoms with Crippen LogP contribution in [0, 0.1) is 0 Å². The highest BCUT2D eigenvalue weighted by molar-refractivity contribution is 5.97. The number of aromatic hydroxyl groups is 1. The number of hydrogen-bond acceptors (Lipinski definition) is 3. The summed E-state index contributed by atoms with van der Waals surface area (Å²) in [5.74, 6) is 0.514. The second-order valence-electron chi connectivity index (χ2n) is 3.31. The average molecular weight is 206 g/mol. The van der Waals surface area contributed by atoms with Crippen molar-refractivity contribution in [2.24, 2.45) is 0 Å². The topological polar surface area (TPSA) is 46.5 Å². The van der Waals surface area contributed by atoms with Crippen molar-refractivity contribution in [3.05, 3.63) is 29.3 Å². The van der Waals surface area contributed by atoms with Crippen LogP contribution in [-0.2, 0) is 4.79 Å². The Morgan fingerprint density at radius 2 is 2.07 bits per heavy atom. The number of methoxy groups -OCH3 is 1. The fourth-order valence-electron chi connectivity index (χ4n) is 1.15. The summed E-state index contributed by atoms with van der Waals surface area (Å²) in [6.45, 7) is 3.25. The minimum atomic E-state index is 0.0188. The Balaban J connectivity index is 3.03. The summed E-state index contributed by atoms with van der Waals surface area (Å²) in [6, 6.07) is 5.00. The number of ketones is 1. The van der Waals surface area contributed by atoms with Crippen LogP contribution in [-0.4, -0.2) is 18.0 Å². The number of phenols is 1. The van der Waals surface area contributed by atoms with Gasteiger partial charge in [0.25, 0.3) is 0 Å². The first-order chi connectivity index (χ1) is 7.04. The lowest BCUT2D eigenvalue weighted by Gasteiger charge is -2.03. The highest BCUT2D eigenvalue weighted by Crippen LogP contribution is 2.27. The monoisotopic (exact) mass is 206 g/mol. The first kappa shape index (κ1) is 11.3. The molecule has 0 saturated heterocycles. The van der Waals surface area contributed by atoms with E-state index in [9.17, 15) is 9.90 Å². The molecule has 0 heterocycles. The fraction of sp³-hybridized carbons (Fsp3) is 0.250. The van der Waals surface area contributed by atoms with E-state index in [1.165, 1.54) is 14.0 Å². The Hall–Kier alpha value is -1.77. The third-order valence-electron chi connectivity index (χ3n) is 2.14. The molecule has 0 aliphatic carbocycles. The number of benzene rings is 1. The van der Waals surface area contributed by atoms with Crippen LogP contribution in [0.15, 0.2) is 23.8 Å². The van der Waals surface area contributed by atoms with Crippen molar-refractivity contribution in [3.8, 4) is 11.5 Å². The molecule has 1 aromatic rings. The third-order valence-corrected chi connectivity index (χ3v) is 2.14. The van der Waals surface area contributed by atoms with Gasteiger partial charge in [-0.15, -0.1) is 0 Å². The molecular weight excluding hydrogens is 192 g/mol. The molecule has 0 saturated carbocycles. The molecule has 80 valence electrons. The molecule has 0 aliphatic rings. The van der Waals surface area contributed by atoms with E-state index in [-0.39, 0.29) is 11.5 Å². The van der Waals surface area contributed by atoms with Crippen LogP contribution in [0.2, 0.25) is 0 Å². The van der Waals surface area contributed by atoms with Crippen LogP contribution in [0.5, 0.6) is 11.5 Å². The molecule has 1 aromatic carbocycles. The molecule has 0 aliphatic heterocycles. The maximum Gasteiger partial charge on any atom is 0.160 e. The van der Waals surface area contributed by atoms with Gasteiger partial charge in [0.1, 0.15) is 0 Å². The van der Waals surface area contributed by atoms with Crippen LogP contribution in [0.3, 0.4) is 0 Å². The number of allylic oxidation sites excluding steroid dienone is 1. The van der Waals surface area contributed by atoms with E-state index >= 15 is 0 Å². The van der Waals surface area contributed by atoms with Crippen molar-refractivity contribution < 1.29 is 14.6 Å². The van der Waals surface area contributed by atoms with Crippen LogP contribution in [0.1, 0.15) is 19.4 Å². The number of rotatable bonds is 3. The predicted octanol–water partition coefficient (Wildman–Crippen LogP) is 2.39. The first-order valence-corrected chi connectivity index (χ1v) is 4.61. The number of carbonyl (C=O) groups is 1. The minimum absolute atomic E-state index is 0.0188. The summed E-state index contributed by atoms with van der Waals surface area (Å²) in [5.41, 5.74) is 1.43. The lowest BCUT2D eigenvalue weighted by molar-refractivity contribution is -0.113. The molecule has 0 spiro atoms. The van der Waals surface area contributed by atoms with E-state index in [4.69, 9.17) is 4.74 Å². The summed E-state index contributed by atoms with van der Waals surface area (Å²) in [7, 11) is 1.49. The van der Waals surface area contributed by atoms with Crippen molar-refractivity contribution in [1.82, 2.24) is 0 Å². The number of hydrogen-bond donors (Lipinski definition) is 1. The third kappa shape index (κ3) is 2.84. The van der Waals surface area contributed by atoms with Crippen LogP contribution < -0.4 is 4.74 Å². The van der Waals surface area contributed by atoms with Crippen LogP contribution in [0.4, 0.5) is 0 Å². The molecule has 0 amide bonds. The van der Waals surface area contributed by atoms with Crippen molar-refractivity contribution in [2.45, 2.75) is 13.8 Å². The van der Waals surface area contributed by atoms with Crippen molar-refractivity contribution in [2.75, 3.05) is 7.11 Å². The molecule has 0 unspecified atom stereocenters. The van der Waals surface area contributed by atoms with Gasteiger partial charge in [-0.3, -0.25) is 4.79 Å². The number of carbonyl (C=O) groups excluding carboxylic acids is 1. The standard InChI is InChI=1S/C12H14O3/c1-8(9(2)13)6-10-4-5-12(15-3)11(14)7-10/h4-7,14H,1-3H3/b8-6-.